The van der Waals surface area contributed by atoms with E-state index < -0.39 is 0 Å². The highest BCUT2D eigenvalue weighted by molar-refractivity contribution is 6.29. The van der Waals surface area contributed by atoms with E-state index in [9.17, 15) is 0 Å². The molecule has 8 aromatic carbocycles. The van der Waals surface area contributed by atoms with Crippen LogP contribution in [-0.4, -0.2) is 4.57 Å². The summed E-state index contributed by atoms with van der Waals surface area (Å²) in [6, 6.07) is 58.9. The van der Waals surface area contributed by atoms with Gasteiger partial charge in [-0.05, 0) is 57.4 Å². The van der Waals surface area contributed by atoms with E-state index in [4.69, 9.17) is 4.42 Å². The Balaban J connectivity index is 1.42. The van der Waals surface area contributed by atoms with Gasteiger partial charge >= 0.3 is 0 Å². The minimum absolute atomic E-state index is 0.895. The SMILES string of the molecule is c1ccc(-n2c3ccccc3c3cccc(-c4c5ccccc5c(-c5ccc6ccccc6c5)c5c4oc4ccccc45)c32)cc1. The fourth-order valence-electron chi connectivity index (χ4n) is 7.62. The van der Waals surface area contributed by atoms with Gasteiger partial charge in [-0.2, -0.15) is 0 Å². The minimum atomic E-state index is 0.895. The molecule has 0 spiro atoms. The molecule has 0 saturated heterocycles. The van der Waals surface area contributed by atoms with E-state index in [0.29, 0.717) is 0 Å². The lowest BCUT2D eigenvalue weighted by Gasteiger charge is -2.17. The first-order valence-electron chi connectivity index (χ1n) is 15.8. The van der Waals surface area contributed by atoms with Crippen molar-refractivity contribution in [1.29, 1.82) is 0 Å². The zero-order chi connectivity index (χ0) is 30.2. The molecule has 46 heavy (non-hydrogen) atoms. The van der Waals surface area contributed by atoms with Crippen LogP contribution in [0.3, 0.4) is 0 Å². The standard InChI is InChI=1S/C44H27NO/c1-2-15-31(16-3-1)45-38-23-10-8-17-32(38)35-21-12-22-37(43(35)45)41-34-19-7-6-18-33(34)40(30-26-25-28-13-4-5-14-29(28)27-30)42-36-20-9-11-24-39(36)46-44(41)42/h1-27H. The summed E-state index contributed by atoms with van der Waals surface area (Å²) in [6.45, 7) is 0. The van der Waals surface area contributed by atoms with Gasteiger partial charge in [-0.3, -0.25) is 0 Å². The molecule has 10 rings (SSSR count). The van der Waals surface area contributed by atoms with Gasteiger partial charge in [0.25, 0.3) is 0 Å². The first-order chi connectivity index (χ1) is 22.8. The number of hydrogen-bond acceptors (Lipinski definition) is 1. The van der Waals surface area contributed by atoms with Gasteiger partial charge in [0.15, 0.2) is 0 Å². The Kier molecular flexibility index (Phi) is 5.31. The summed E-state index contributed by atoms with van der Waals surface area (Å²) in [7, 11) is 0. The minimum Gasteiger partial charge on any atom is -0.455 e. The number of rotatable bonds is 3. The van der Waals surface area contributed by atoms with Crippen molar-refractivity contribution in [2.24, 2.45) is 0 Å². The third-order valence-corrected chi connectivity index (χ3v) is 9.55. The van der Waals surface area contributed by atoms with Gasteiger partial charge in [0, 0.05) is 43.9 Å². The molecule has 0 fully saturated rings. The van der Waals surface area contributed by atoms with Gasteiger partial charge in [0.1, 0.15) is 11.2 Å². The smallest absolute Gasteiger partial charge is 0.144 e. The average Bonchev–Trinajstić information content (AvgIpc) is 3.67. The molecule has 2 aromatic heterocycles. The molecule has 214 valence electrons. The summed E-state index contributed by atoms with van der Waals surface area (Å²) in [4.78, 5) is 0. The summed E-state index contributed by atoms with van der Waals surface area (Å²) in [5, 5.41) is 9.60. The quantitative estimate of drug-likeness (QED) is 0.202. The number of fused-ring (bicyclic) bond motifs is 8. The lowest BCUT2D eigenvalue weighted by Crippen LogP contribution is -1.96. The van der Waals surface area contributed by atoms with Gasteiger partial charge in [-0.1, -0.05) is 133 Å². The molecule has 0 saturated carbocycles. The van der Waals surface area contributed by atoms with E-state index in [1.807, 2.05) is 0 Å². The molecule has 0 aliphatic heterocycles. The molecule has 2 heterocycles. The van der Waals surface area contributed by atoms with E-state index in [2.05, 4.69) is 168 Å². The lowest BCUT2D eigenvalue weighted by molar-refractivity contribution is 0.670. The number of furan rings is 1. The number of hydrogen-bond donors (Lipinski definition) is 0. The Hall–Kier alpha value is -6.12. The van der Waals surface area contributed by atoms with Gasteiger partial charge in [0.05, 0.1) is 11.0 Å². The summed E-state index contributed by atoms with van der Waals surface area (Å²) < 4.78 is 9.37. The normalized spacial score (nSPS) is 11.9. The second-order valence-electron chi connectivity index (χ2n) is 12.0. The molecule has 0 amide bonds. The molecule has 0 unspecified atom stereocenters. The van der Waals surface area contributed by atoms with Gasteiger partial charge in [0.2, 0.25) is 0 Å². The van der Waals surface area contributed by atoms with E-state index >= 15 is 0 Å². The molecule has 0 radical (unpaired) electrons. The van der Waals surface area contributed by atoms with Gasteiger partial charge < -0.3 is 8.98 Å². The number of nitrogens with zero attached hydrogens (tertiary/aromatic N) is 1. The summed E-state index contributed by atoms with van der Waals surface area (Å²) in [6.07, 6.45) is 0. The monoisotopic (exact) mass is 585 g/mol. The van der Waals surface area contributed by atoms with E-state index in [1.165, 1.54) is 54.5 Å². The second-order valence-corrected chi connectivity index (χ2v) is 12.0. The number of aromatic nitrogens is 1. The lowest BCUT2D eigenvalue weighted by atomic mass is 9.87. The topological polar surface area (TPSA) is 18.1 Å². The molecule has 0 aliphatic carbocycles. The first kappa shape index (κ1) is 25.2. The van der Waals surface area contributed by atoms with Crippen LogP contribution >= 0.6 is 0 Å². The van der Waals surface area contributed by atoms with Crippen molar-refractivity contribution in [2.75, 3.05) is 0 Å². The molecule has 2 nitrogen and oxygen atoms in total. The molecular weight excluding hydrogens is 558 g/mol. The van der Waals surface area contributed by atoms with Crippen molar-refractivity contribution in [3.63, 3.8) is 0 Å². The van der Waals surface area contributed by atoms with Crippen LogP contribution in [0.4, 0.5) is 0 Å². The molecule has 0 aliphatic rings. The van der Waals surface area contributed by atoms with Crippen molar-refractivity contribution in [3.05, 3.63) is 164 Å². The van der Waals surface area contributed by atoms with E-state index in [0.717, 1.165) is 38.8 Å². The van der Waals surface area contributed by atoms with Crippen molar-refractivity contribution < 1.29 is 4.42 Å². The van der Waals surface area contributed by atoms with Crippen LogP contribution in [0.15, 0.2) is 168 Å². The van der Waals surface area contributed by atoms with Crippen LogP contribution in [0.2, 0.25) is 0 Å². The summed E-state index contributed by atoms with van der Waals surface area (Å²) >= 11 is 0. The van der Waals surface area contributed by atoms with Crippen LogP contribution in [0.5, 0.6) is 0 Å². The van der Waals surface area contributed by atoms with Crippen LogP contribution in [0, 0.1) is 0 Å². The fourth-order valence-corrected chi connectivity index (χ4v) is 7.62. The second kappa shape index (κ2) is 9.69. The molecular formula is C44H27NO. The third kappa shape index (κ3) is 3.53. The molecule has 0 atom stereocenters. The zero-order valence-corrected chi connectivity index (χ0v) is 24.9. The van der Waals surface area contributed by atoms with Gasteiger partial charge in [-0.25, -0.2) is 0 Å². The maximum Gasteiger partial charge on any atom is 0.144 e. The number of para-hydroxylation sites is 4. The average molecular weight is 586 g/mol. The van der Waals surface area contributed by atoms with Crippen molar-refractivity contribution in [2.45, 2.75) is 0 Å². The van der Waals surface area contributed by atoms with Crippen LogP contribution in [0.25, 0.3) is 93.2 Å². The largest absolute Gasteiger partial charge is 0.455 e. The van der Waals surface area contributed by atoms with Gasteiger partial charge in [-0.15, -0.1) is 0 Å². The molecule has 10 aromatic rings. The summed E-state index contributed by atoms with van der Waals surface area (Å²) in [5.74, 6) is 0. The van der Waals surface area contributed by atoms with Crippen LogP contribution in [0.1, 0.15) is 0 Å². The number of benzene rings is 8. The fraction of sp³-hybridized carbons (Fsp3) is 0. The maximum atomic E-state index is 6.96. The first-order valence-corrected chi connectivity index (χ1v) is 15.8. The maximum absolute atomic E-state index is 6.96. The van der Waals surface area contributed by atoms with E-state index in [1.54, 1.807) is 0 Å². The Morgan fingerprint density at radius 2 is 1.09 bits per heavy atom. The molecule has 0 N–H and O–H groups in total. The Morgan fingerprint density at radius 1 is 0.435 bits per heavy atom. The van der Waals surface area contributed by atoms with Crippen molar-refractivity contribution in [1.82, 2.24) is 4.57 Å². The Bertz CT molecular complexity index is 2800. The van der Waals surface area contributed by atoms with Crippen LogP contribution < -0.4 is 0 Å². The highest BCUT2D eigenvalue weighted by Gasteiger charge is 2.25. The molecule has 2 heteroatoms. The van der Waals surface area contributed by atoms with Crippen molar-refractivity contribution in [3.8, 4) is 27.9 Å². The Labute approximate surface area is 265 Å². The highest BCUT2D eigenvalue weighted by atomic mass is 16.3. The summed E-state index contributed by atoms with van der Waals surface area (Å²) in [5.41, 5.74) is 10.00. The highest BCUT2D eigenvalue weighted by Crippen LogP contribution is 2.50. The predicted molar refractivity (Wildman–Crippen MR) is 194 cm³/mol. The van der Waals surface area contributed by atoms with Crippen LogP contribution in [-0.2, 0) is 0 Å². The van der Waals surface area contributed by atoms with E-state index in [-0.39, 0.29) is 0 Å². The van der Waals surface area contributed by atoms with Crippen molar-refractivity contribution >= 4 is 65.3 Å². The third-order valence-electron chi connectivity index (χ3n) is 9.55. The predicted octanol–water partition coefficient (Wildman–Crippen LogP) is 12.3. The molecule has 0 bridgehead atoms. The Morgan fingerprint density at radius 3 is 1.93 bits per heavy atom. The zero-order valence-electron chi connectivity index (χ0n) is 24.9.